The molecule has 3 aromatic rings. The molecule has 0 spiro atoms. The van der Waals surface area contributed by atoms with E-state index in [1.165, 1.54) is 17.6 Å². The highest BCUT2D eigenvalue weighted by atomic mass is 15.3. The summed E-state index contributed by atoms with van der Waals surface area (Å²) < 4.78 is 1.75. The van der Waals surface area contributed by atoms with E-state index in [1.54, 1.807) is 17.3 Å². The van der Waals surface area contributed by atoms with E-state index >= 15 is 0 Å². The first-order chi connectivity index (χ1) is 9.92. The Morgan fingerprint density at radius 1 is 1.20 bits per heavy atom. The number of aromatic amines is 1. The number of imidazole rings is 1. The van der Waals surface area contributed by atoms with Gasteiger partial charge in [0.15, 0.2) is 0 Å². The number of rotatable bonds is 2. The van der Waals surface area contributed by atoms with Crippen molar-refractivity contribution >= 4 is 0 Å². The van der Waals surface area contributed by atoms with Crippen LogP contribution in [-0.4, -0.2) is 31.3 Å². The second kappa shape index (κ2) is 4.57. The minimum absolute atomic E-state index is 0.162. The van der Waals surface area contributed by atoms with Crippen molar-refractivity contribution < 1.29 is 0 Å². The normalized spacial score (nSPS) is 17.9. The molecule has 1 aromatic carbocycles. The highest BCUT2D eigenvalue weighted by Crippen LogP contribution is 2.26. The van der Waals surface area contributed by atoms with Crippen LogP contribution in [0.15, 0.2) is 43.2 Å². The molecular formula is C14H14N6. The first-order valence-corrected chi connectivity index (χ1v) is 6.62. The standard InChI is InChI=1S/C14H14N6/c1-3-11(20-9-15-7-19-20)4-2-10(1)13-14-12(5-6-16-13)17-8-18-14/h1-4,7-9,13,16H,5-6H2,(H,17,18)/t13-/m1/s1. The minimum atomic E-state index is 0.162. The number of nitrogens with one attached hydrogen (secondary N) is 2. The van der Waals surface area contributed by atoms with Gasteiger partial charge in [0.1, 0.15) is 12.7 Å². The minimum Gasteiger partial charge on any atom is -0.348 e. The SMILES string of the molecule is c1ncn(-c2ccc([C@H]3NCCc4[nH]cnc43)cc2)n1. The van der Waals surface area contributed by atoms with Crippen molar-refractivity contribution in [2.45, 2.75) is 12.5 Å². The fourth-order valence-electron chi connectivity index (χ4n) is 2.66. The number of hydrogen-bond acceptors (Lipinski definition) is 4. The van der Waals surface area contributed by atoms with E-state index in [9.17, 15) is 0 Å². The largest absolute Gasteiger partial charge is 0.348 e. The van der Waals surface area contributed by atoms with Crippen LogP contribution in [0.1, 0.15) is 23.0 Å². The van der Waals surface area contributed by atoms with Gasteiger partial charge in [-0.2, -0.15) is 5.10 Å². The lowest BCUT2D eigenvalue weighted by Gasteiger charge is -2.23. The van der Waals surface area contributed by atoms with E-state index in [0.29, 0.717) is 0 Å². The number of nitrogens with zero attached hydrogens (tertiary/aromatic N) is 4. The Morgan fingerprint density at radius 2 is 2.10 bits per heavy atom. The Balaban J connectivity index is 1.68. The zero-order valence-corrected chi connectivity index (χ0v) is 10.8. The monoisotopic (exact) mass is 266 g/mol. The highest BCUT2D eigenvalue weighted by molar-refractivity contribution is 5.38. The van der Waals surface area contributed by atoms with Gasteiger partial charge in [0.05, 0.1) is 23.8 Å². The summed E-state index contributed by atoms with van der Waals surface area (Å²) >= 11 is 0. The van der Waals surface area contributed by atoms with Crippen molar-refractivity contribution in [1.82, 2.24) is 30.0 Å². The lowest BCUT2D eigenvalue weighted by atomic mass is 9.98. The second-order valence-electron chi connectivity index (χ2n) is 4.84. The summed E-state index contributed by atoms with van der Waals surface area (Å²) in [6.45, 7) is 0.963. The fraction of sp³-hybridized carbons (Fsp3) is 0.214. The van der Waals surface area contributed by atoms with E-state index in [4.69, 9.17) is 0 Å². The molecule has 6 nitrogen and oxygen atoms in total. The van der Waals surface area contributed by atoms with Crippen LogP contribution in [0.4, 0.5) is 0 Å². The van der Waals surface area contributed by atoms with Crippen molar-refractivity contribution in [2.24, 2.45) is 0 Å². The molecule has 3 heterocycles. The van der Waals surface area contributed by atoms with Crippen molar-refractivity contribution in [1.29, 1.82) is 0 Å². The van der Waals surface area contributed by atoms with Gasteiger partial charge in [0, 0.05) is 18.7 Å². The topological polar surface area (TPSA) is 71.4 Å². The van der Waals surface area contributed by atoms with Gasteiger partial charge in [-0.1, -0.05) is 12.1 Å². The molecule has 0 amide bonds. The molecule has 20 heavy (non-hydrogen) atoms. The summed E-state index contributed by atoms with van der Waals surface area (Å²) in [6.07, 6.45) is 6.00. The number of benzene rings is 1. The summed E-state index contributed by atoms with van der Waals surface area (Å²) in [5.41, 5.74) is 4.55. The van der Waals surface area contributed by atoms with Crippen LogP contribution in [-0.2, 0) is 6.42 Å². The summed E-state index contributed by atoms with van der Waals surface area (Å²) in [6, 6.07) is 8.48. The Kier molecular flexibility index (Phi) is 2.60. The zero-order valence-electron chi connectivity index (χ0n) is 10.8. The molecule has 0 bridgehead atoms. The van der Waals surface area contributed by atoms with Crippen LogP contribution in [0, 0.1) is 0 Å². The molecule has 1 aliphatic heterocycles. The molecule has 100 valence electrons. The van der Waals surface area contributed by atoms with Crippen LogP contribution >= 0.6 is 0 Å². The Morgan fingerprint density at radius 3 is 2.90 bits per heavy atom. The molecular weight excluding hydrogens is 252 g/mol. The highest BCUT2D eigenvalue weighted by Gasteiger charge is 2.23. The Hall–Kier alpha value is -2.47. The molecule has 0 saturated carbocycles. The molecule has 0 aliphatic carbocycles. The van der Waals surface area contributed by atoms with Crippen LogP contribution in [0.25, 0.3) is 5.69 Å². The average molecular weight is 266 g/mol. The molecule has 0 radical (unpaired) electrons. The fourth-order valence-corrected chi connectivity index (χ4v) is 2.66. The number of hydrogen-bond donors (Lipinski definition) is 2. The van der Waals surface area contributed by atoms with E-state index in [-0.39, 0.29) is 6.04 Å². The molecule has 6 heteroatoms. The van der Waals surface area contributed by atoms with Gasteiger partial charge in [-0.25, -0.2) is 14.6 Å². The summed E-state index contributed by atoms with van der Waals surface area (Å²) in [4.78, 5) is 11.6. The summed E-state index contributed by atoms with van der Waals surface area (Å²) in [5, 5.41) is 7.64. The average Bonchev–Trinajstić information content (AvgIpc) is 3.18. The third-order valence-electron chi connectivity index (χ3n) is 3.66. The number of aromatic nitrogens is 5. The zero-order chi connectivity index (χ0) is 13.4. The predicted octanol–water partition coefficient (Wildman–Crippen LogP) is 1.23. The van der Waals surface area contributed by atoms with Crippen LogP contribution in [0.2, 0.25) is 0 Å². The van der Waals surface area contributed by atoms with Gasteiger partial charge in [-0.3, -0.25) is 0 Å². The van der Waals surface area contributed by atoms with Crippen LogP contribution in [0.3, 0.4) is 0 Å². The second-order valence-corrected chi connectivity index (χ2v) is 4.84. The molecule has 0 saturated heterocycles. The van der Waals surface area contributed by atoms with Crippen molar-refractivity contribution in [3.8, 4) is 5.69 Å². The summed E-state index contributed by atoms with van der Waals surface area (Å²) in [7, 11) is 0. The molecule has 1 aliphatic rings. The Bertz CT molecular complexity index is 698. The lowest BCUT2D eigenvalue weighted by Crippen LogP contribution is -2.30. The molecule has 4 rings (SSSR count). The first kappa shape index (κ1) is 11.4. The van der Waals surface area contributed by atoms with Gasteiger partial charge in [-0.05, 0) is 17.7 Å². The van der Waals surface area contributed by atoms with Gasteiger partial charge < -0.3 is 10.3 Å². The van der Waals surface area contributed by atoms with Crippen molar-refractivity contribution in [3.05, 3.63) is 60.2 Å². The third kappa shape index (κ3) is 1.81. The van der Waals surface area contributed by atoms with Crippen molar-refractivity contribution in [3.63, 3.8) is 0 Å². The van der Waals surface area contributed by atoms with E-state index in [2.05, 4.69) is 37.5 Å². The van der Waals surface area contributed by atoms with E-state index < -0.39 is 0 Å². The van der Waals surface area contributed by atoms with E-state index in [0.717, 1.165) is 24.3 Å². The van der Waals surface area contributed by atoms with Crippen molar-refractivity contribution in [2.75, 3.05) is 6.54 Å². The predicted molar refractivity (Wildman–Crippen MR) is 73.5 cm³/mol. The summed E-state index contributed by atoms with van der Waals surface area (Å²) in [5.74, 6) is 0. The quantitative estimate of drug-likeness (QED) is 0.731. The number of fused-ring (bicyclic) bond motifs is 1. The maximum atomic E-state index is 4.44. The maximum absolute atomic E-state index is 4.44. The smallest absolute Gasteiger partial charge is 0.138 e. The van der Waals surface area contributed by atoms with Gasteiger partial charge in [0.2, 0.25) is 0 Å². The van der Waals surface area contributed by atoms with E-state index in [1.807, 2.05) is 12.1 Å². The molecule has 0 unspecified atom stereocenters. The van der Waals surface area contributed by atoms with Gasteiger partial charge in [0.25, 0.3) is 0 Å². The first-order valence-electron chi connectivity index (χ1n) is 6.62. The van der Waals surface area contributed by atoms with Gasteiger partial charge >= 0.3 is 0 Å². The number of H-pyrrole nitrogens is 1. The third-order valence-corrected chi connectivity index (χ3v) is 3.66. The van der Waals surface area contributed by atoms with Crippen LogP contribution < -0.4 is 5.32 Å². The molecule has 1 atom stereocenters. The Labute approximate surface area is 115 Å². The lowest BCUT2D eigenvalue weighted by molar-refractivity contribution is 0.553. The molecule has 0 fully saturated rings. The maximum Gasteiger partial charge on any atom is 0.138 e. The molecule has 2 N–H and O–H groups in total. The van der Waals surface area contributed by atoms with Gasteiger partial charge in [-0.15, -0.1) is 0 Å². The van der Waals surface area contributed by atoms with Crippen LogP contribution in [0.5, 0.6) is 0 Å². The molecule has 2 aromatic heterocycles.